The van der Waals surface area contributed by atoms with Gasteiger partial charge in [-0.15, -0.1) is 0 Å². The Kier molecular flexibility index (Phi) is 5.51. The average molecular weight is 159 g/mol. The van der Waals surface area contributed by atoms with Crippen molar-refractivity contribution in [2.75, 3.05) is 7.05 Å². The van der Waals surface area contributed by atoms with E-state index in [1.54, 1.807) is 0 Å². The Morgan fingerprint density at radius 3 is 2.27 bits per heavy atom. The van der Waals surface area contributed by atoms with Gasteiger partial charge in [-0.2, -0.15) is 0 Å². The van der Waals surface area contributed by atoms with Gasteiger partial charge in [-0.05, 0) is 26.8 Å². The normalized spacial score (nSPS) is 16.9. The first-order valence-corrected chi connectivity index (χ1v) is 4.53. The van der Waals surface area contributed by atoms with Crippen molar-refractivity contribution in [1.82, 2.24) is 4.90 Å². The Hall–Kier alpha value is -0.0800. The SMILES string of the molecule is CCCC(O)N(C)C(C)CC. The van der Waals surface area contributed by atoms with Gasteiger partial charge in [-0.3, -0.25) is 4.90 Å². The van der Waals surface area contributed by atoms with E-state index in [1.807, 2.05) is 11.9 Å². The molecule has 68 valence electrons. The predicted octanol–water partition coefficient (Wildman–Crippen LogP) is 1.84. The Labute approximate surface area is 70.2 Å². The summed E-state index contributed by atoms with van der Waals surface area (Å²) in [7, 11) is 1.98. The zero-order valence-corrected chi connectivity index (χ0v) is 8.17. The van der Waals surface area contributed by atoms with Gasteiger partial charge in [-0.1, -0.05) is 20.3 Å². The number of aliphatic hydroxyl groups excluding tert-OH is 1. The Bertz CT molecular complexity index is 95.6. The molecule has 0 saturated heterocycles. The van der Waals surface area contributed by atoms with Crippen LogP contribution in [0.1, 0.15) is 40.0 Å². The van der Waals surface area contributed by atoms with Crippen LogP contribution in [0.2, 0.25) is 0 Å². The van der Waals surface area contributed by atoms with E-state index in [2.05, 4.69) is 20.8 Å². The van der Waals surface area contributed by atoms with Crippen LogP contribution in [-0.4, -0.2) is 29.3 Å². The lowest BCUT2D eigenvalue weighted by atomic mass is 10.2. The first-order valence-electron chi connectivity index (χ1n) is 4.53. The summed E-state index contributed by atoms with van der Waals surface area (Å²) in [5.74, 6) is 0. The molecule has 0 aromatic heterocycles. The number of nitrogens with zero attached hydrogens (tertiary/aromatic N) is 1. The van der Waals surface area contributed by atoms with Gasteiger partial charge in [0.15, 0.2) is 0 Å². The Morgan fingerprint density at radius 2 is 1.91 bits per heavy atom. The van der Waals surface area contributed by atoms with E-state index in [-0.39, 0.29) is 6.23 Å². The third-order valence-corrected chi connectivity index (χ3v) is 2.30. The third-order valence-electron chi connectivity index (χ3n) is 2.30. The molecule has 0 aliphatic carbocycles. The minimum absolute atomic E-state index is 0.255. The van der Waals surface area contributed by atoms with E-state index >= 15 is 0 Å². The third kappa shape index (κ3) is 3.73. The minimum atomic E-state index is -0.255. The van der Waals surface area contributed by atoms with E-state index in [0.29, 0.717) is 6.04 Å². The molecule has 0 aliphatic heterocycles. The molecular formula is C9H21NO. The van der Waals surface area contributed by atoms with Crippen molar-refractivity contribution in [2.45, 2.75) is 52.3 Å². The van der Waals surface area contributed by atoms with E-state index < -0.39 is 0 Å². The van der Waals surface area contributed by atoms with Crippen LogP contribution in [0.15, 0.2) is 0 Å². The highest BCUT2D eigenvalue weighted by atomic mass is 16.3. The van der Waals surface area contributed by atoms with Crippen molar-refractivity contribution in [3.05, 3.63) is 0 Å². The maximum atomic E-state index is 9.55. The van der Waals surface area contributed by atoms with Crippen molar-refractivity contribution < 1.29 is 5.11 Å². The summed E-state index contributed by atoms with van der Waals surface area (Å²) >= 11 is 0. The molecule has 0 aliphatic rings. The fourth-order valence-electron chi connectivity index (χ4n) is 1.04. The van der Waals surface area contributed by atoms with E-state index in [1.165, 1.54) is 0 Å². The van der Waals surface area contributed by atoms with E-state index in [4.69, 9.17) is 0 Å². The van der Waals surface area contributed by atoms with Gasteiger partial charge >= 0.3 is 0 Å². The lowest BCUT2D eigenvalue weighted by Crippen LogP contribution is -2.38. The van der Waals surface area contributed by atoms with Gasteiger partial charge in [0, 0.05) is 6.04 Å². The maximum Gasteiger partial charge on any atom is 0.107 e. The summed E-state index contributed by atoms with van der Waals surface area (Å²) in [6.07, 6.45) is 2.76. The van der Waals surface area contributed by atoms with Gasteiger partial charge in [0.25, 0.3) is 0 Å². The second kappa shape index (κ2) is 5.56. The average Bonchev–Trinajstić information content (AvgIpc) is 2.02. The molecule has 0 rings (SSSR count). The van der Waals surface area contributed by atoms with Crippen molar-refractivity contribution in [3.8, 4) is 0 Å². The van der Waals surface area contributed by atoms with Gasteiger partial charge in [0.05, 0.1) is 0 Å². The van der Waals surface area contributed by atoms with Crippen molar-refractivity contribution >= 4 is 0 Å². The smallest absolute Gasteiger partial charge is 0.107 e. The minimum Gasteiger partial charge on any atom is -0.378 e. The summed E-state index contributed by atoms with van der Waals surface area (Å²) in [6, 6.07) is 0.483. The highest BCUT2D eigenvalue weighted by Crippen LogP contribution is 2.07. The molecule has 0 aromatic carbocycles. The van der Waals surface area contributed by atoms with Gasteiger partial charge in [0.2, 0.25) is 0 Å². The largest absolute Gasteiger partial charge is 0.378 e. The Balaban J connectivity index is 3.70. The van der Waals surface area contributed by atoms with Crippen LogP contribution in [0.3, 0.4) is 0 Å². The fraction of sp³-hybridized carbons (Fsp3) is 1.00. The summed E-state index contributed by atoms with van der Waals surface area (Å²) in [5.41, 5.74) is 0. The highest BCUT2D eigenvalue weighted by Gasteiger charge is 2.14. The molecule has 0 radical (unpaired) electrons. The van der Waals surface area contributed by atoms with Crippen LogP contribution in [0.4, 0.5) is 0 Å². The van der Waals surface area contributed by atoms with Crippen LogP contribution in [0.25, 0.3) is 0 Å². The molecule has 0 spiro atoms. The van der Waals surface area contributed by atoms with Crippen LogP contribution >= 0.6 is 0 Å². The second-order valence-corrected chi connectivity index (χ2v) is 3.19. The molecule has 2 atom stereocenters. The first kappa shape index (κ1) is 10.9. The van der Waals surface area contributed by atoms with Gasteiger partial charge in [-0.25, -0.2) is 0 Å². The van der Waals surface area contributed by atoms with Crippen molar-refractivity contribution in [2.24, 2.45) is 0 Å². The lowest BCUT2D eigenvalue weighted by Gasteiger charge is -2.28. The molecule has 11 heavy (non-hydrogen) atoms. The van der Waals surface area contributed by atoms with Crippen LogP contribution in [0.5, 0.6) is 0 Å². The number of hydrogen-bond acceptors (Lipinski definition) is 2. The van der Waals surface area contributed by atoms with E-state index in [9.17, 15) is 5.11 Å². The number of hydrogen-bond donors (Lipinski definition) is 1. The number of aliphatic hydroxyl groups is 1. The molecular weight excluding hydrogens is 138 g/mol. The molecule has 0 aromatic rings. The van der Waals surface area contributed by atoms with Gasteiger partial charge < -0.3 is 5.11 Å². The monoisotopic (exact) mass is 159 g/mol. The fourth-order valence-corrected chi connectivity index (χ4v) is 1.04. The molecule has 0 saturated carbocycles. The molecule has 2 heteroatoms. The summed E-state index contributed by atoms with van der Waals surface area (Å²) in [6.45, 7) is 6.37. The summed E-state index contributed by atoms with van der Waals surface area (Å²) in [5, 5.41) is 9.55. The van der Waals surface area contributed by atoms with Crippen molar-refractivity contribution in [3.63, 3.8) is 0 Å². The molecule has 0 bridgehead atoms. The molecule has 2 unspecified atom stereocenters. The second-order valence-electron chi connectivity index (χ2n) is 3.19. The van der Waals surface area contributed by atoms with E-state index in [0.717, 1.165) is 19.3 Å². The quantitative estimate of drug-likeness (QED) is 0.619. The zero-order valence-electron chi connectivity index (χ0n) is 8.17. The molecule has 0 heterocycles. The topological polar surface area (TPSA) is 23.5 Å². The van der Waals surface area contributed by atoms with Crippen LogP contribution < -0.4 is 0 Å². The first-order chi connectivity index (χ1) is 5.13. The summed E-state index contributed by atoms with van der Waals surface area (Å²) < 4.78 is 0. The Morgan fingerprint density at radius 1 is 1.36 bits per heavy atom. The van der Waals surface area contributed by atoms with Crippen molar-refractivity contribution in [1.29, 1.82) is 0 Å². The molecule has 1 N–H and O–H groups in total. The zero-order chi connectivity index (χ0) is 8.85. The maximum absolute atomic E-state index is 9.55. The predicted molar refractivity (Wildman–Crippen MR) is 48.4 cm³/mol. The highest BCUT2D eigenvalue weighted by molar-refractivity contribution is 4.63. The lowest BCUT2D eigenvalue weighted by molar-refractivity contribution is -0.00853. The van der Waals surface area contributed by atoms with Crippen LogP contribution in [0, 0.1) is 0 Å². The number of rotatable bonds is 5. The molecule has 2 nitrogen and oxygen atoms in total. The summed E-state index contributed by atoms with van der Waals surface area (Å²) in [4.78, 5) is 2.03. The standard InChI is InChI=1S/C9H21NO/c1-5-7-9(11)10(4)8(3)6-2/h8-9,11H,5-7H2,1-4H3. The van der Waals surface area contributed by atoms with Crippen LogP contribution in [-0.2, 0) is 0 Å². The molecule has 0 amide bonds. The molecule has 0 fully saturated rings. The van der Waals surface area contributed by atoms with Gasteiger partial charge in [0.1, 0.15) is 6.23 Å².